The fourth-order valence-corrected chi connectivity index (χ4v) is 0. The third-order valence-electron chi connectivity index (χ3n) is 0. The topological polar surface area (TPSA) is 57.5 Å². The van der Waals surface area contributed by atoms with Gasteiger partial charge in [-0.15, -0.1) is 0 Å². The first-order valence-electron chi connectivity index (χ1n) is 0.651. The van der Waals surface area contributed by atoms with Gasteiger partial charge < -0.3 is 9.79 Å². The monoisotopic (exact) mass is 141 g/mol. The molecule has 0 aromatic heterocycles. The number of rotatable bonds is 0. The molecule has 0 spiro atoms. The van der Waals surface area contributed by atoms with Crippen molar-refractivity contribution in [3.63, 3.8) is 0 Å². The van der Waals surface area contributed by atoms with Crippen molar-refractivity contribution in [3.05, 3.63) is 0 Å². The molecule has 0 rings (SSSR count). The average molecular weight is 141 g/mol. The van der Waals surface area contributed by atoms with Gasteiger partial charge in [0.1, 0.15) is 0 Å². The maximum Gasteiger partial charge on any atom is 0.314 e. The summed E-state index contributed by atoms with van der Waals surface area (Å²) in [5.74, 6) is 0. The van der Waals surface area contributed by atoms with Crippen molar-refractivity contribution >= 4 is 36.6 Å². The highest BCUT2D eigenvalue weighted by atomic mass is 31.1. The van der Waals surface area contributed by atoms with Crippen LogP contribution in [0.5, 0.6) is 0 Å². The van der Waals surface area contributed by atoms with E-state index in [2.05, 4.69) is 0 Å². The van der Waals surface area contributed by atoms with Crippen molar-refractivity contribution in [1.82, 2.24) is 0 Å². The summed E-state index contributed by atoms with van der Waals surface area (Å²) in [6.07, 6.45) is 0. The molecule has 0 fully saturated rings. The van der Waals surface area contributed by atoms with Crippen LogP contribution >= 0.6 is 8.25 Å². The molecule has 6 heavy (non-hydrogen) atoms. The van der Waals surface area contributed by atoms with Crippen LogP contribution < -0.4 is 0 Å². The van der Waals surface area contributed by atoms with Crippen LogP contribution in [-0.2, 0) is 4.57 Å². The Balaban J connectivity index is -0.0000000450. The van der Waals surface area contributed by atoms with E-state index >= 15 is 0 Å². The van der Waals surface area contributed by atoms with Crippen LogP contribution in [0.4, 0.5) is 0 Å². The lowest BCUT2D eigenvalue weighted by Crippen LogP contribution is -1.38. The summed E-state index contributed by atoms with van der Waals surface area (Å²) < 4.78 is 8.74. The molecular weight excluding hydrogens is 134 g/mol. The Kier molecular flexibility index (Phi) is 24.5. The molecule has 0 aromatic rings. The molecule has 0 aliphatic heterocycles. The zero-order valence-corrected chi connectivity index (χ0v) is 7.92. The molecule has 0 aliphatic rings. The lowest BCUT2D eigenvalue weighted by atomic mass is 15.8. The highest BCUT2D eigenvalue weighted by molar-refractivity contribution is 7.30. The Morgan fingerprint density at radius 2 is 1.33 bits per heavy atom. The predicted octanol–water partition coefficient (Wildman–Crippen LogP) is -2.47. The molecule has 37 valence electrons. The molecule has 2 N–H and O–H groups in total. The normalized spacial score (nSPS) is 5.83. The van der Waals surface area contributed by atoms with Gasteiger partial charge in [0, 0.05) is 0 Å². The Hall–Kier alpha value is 0.899. The Labute approximate surface area is 51.5 Å². The van der Waals surface area contributed by atoms with E-state index in [4.69, 9.17) is 14.4 Å². The van der Waals surface area contributed by atoms with E-state index in [0.717, 1.165) is 0 Å². The van der Waals surface area contributed by atoms with Crippen LogP contribution in [0.15, 0.2) is 0 Å². The molecule has 0 amide bonds. The molecule has 0 heterocycles. The standard InChI is InChI=1S/Al.H3O3P.H3Si.H/c;1-4(2)3;;/h;4H,(H2,1,2,3);1H3;. The third-order valence-corrected chi connectivity index (χ3v) is 0. The summed E-state index contributed by atoms with van der Waals surface area (Å²) in [6.45, 7) is 0. The van der Waals surface area contributed by atoms with Crippen LogP contribution in [-0.4, -0.2) is 38.1 Å². The van der Waals surface area contributed by atoms with E-state index in [0.29, 0.717) is 0 Å². The van der Waals surface area contributed by atoms with Crippen molar-refractivity contribution in [3.8, 4) is 0 Å². The summed E-state index contributed by atoms with van der Waals surface area (Å²) in [4.78, 5) is 14.3. The zero-order valence-electron chi connectivity index (χ0n) is 3.51. The minimum atomic E-state index is -3.13. The summed E-state index contributed by atoms with van der Waals surface area (Å²) >= 11 is 0. The minimum Gasteiger partial charge on any atom is -0.326 e. The Bertz CT molecular complexity index is 33.8. The fourth-order valence-electron chi connectivity index (χ4n) is 0. The van der Waals surface area contributed by atoms with Crippen LogP contribution in [0.1, 0.15) is 0 Å². The molecule has 6 heteroatoms. The first kappa shape index (κ1) is 15.8. The lowest BCUT2D eigenvalue weighted by molar-refractivity contribution is 0.405. The van der Waals surface area contributed by atoms with E-state index in [1.807, 2.05) is 0 Å². The van der Waals surface area contributed by atoms with Gasteiger partial charge in [-0.3, -0.25) is 4.57 Å². The molecule has 0 saturated heterocycles. The molecule has 0 aliphatic carbocycles. The zero-order chi connectivity index (χ0) is 3.58. The summed E-state index contributed by atoms with van der Waals surface area (Å²) in [6, 6.07) is 0. The van der Waals surface area contributed by atoms with Crippen LogP contribution in [0.3, 0.4) is 0 Å². The van der Waals surface area contributed by atoms with E-state index in [-0.39, 0.29) is 28.3 Å². The first-order valence-corrected chi connectivity index (χ1v) is 1.95. The summed E-state index contributed by atoms with van der Waals surface area (Å²) in [5.41, 5.74) is 0. The number of hydrogen-bond donors (Lipinski definition) is 2. The van der Waals surface area contributed by atoms with Gasteiger partial charge in [0.25, 0.3) is 0 Å². The third kappa shape index (κ3) is 92.1. The number of hydrogen-bond acceptors (Lipinski definition) is 1. The largest absolute Gasteiger partial charge is 0.326 e. The molecule has 3 radical (unpaired) electrons. The Morgan fingerprint density at radius 1 is 1.33 bits per heavy atom. The maximum atomic E-state index is 8.74. The molecule has 0 aromatic carbocycles. The highest BCUT2D eigenvalue weighted by Crippen LogP contribution is 1.98. The van der Waals surface area contributed by atoms with E-state index in [1.165, 1.54) is 0 Å². The molecule has 3 nitrogen and oxygen atoms in total. The first-order chi connectivity index (χ1) is 1.73. The molecular formula is H7AlO3PSi. The van der Waals surface area contributed by atoms with E-state index in [1.54, 1.807) is 0 Å². The highest BCUT2D eigenvalue weighted by Gasteiger charge is 1.61. The van der Waals surface area contributed by atoms with Gasteiger partial charge >= 0.3 is 8.25 Å². The predicted molar refractivity (Wildman–Crippen MR) is 30.5 cm³/mol. The molecule has 0 saturated carbocycles. The van der Waals surface area contributed by atoms with Gasteiger partial charge in [0.2, 0.25) is 0 Å². The van der Waals surface area contributed by atoms with E-state index in [9.17, 15) is 0 Å². The van der Waals surface area contributed by atoms with Gasteiger partial charge in [-0.1, -0.05) is 0 Å². The Morgan fingerprint density at radius 3 is 1.33 bits per heavy atom. The van der Waals surface area contributed by atoms with Crippen LogP contribution in [0.25, 0.3) is 0 Å². The minimum absolute atomic E-state index is 0. The van der Waals surface area contributed by atoms with Crippen LogP contribution in [0.2, 0.25) is 0 Å². The van der Waals surface area contributed by atoms with Crippen molar-refractivity contribution in [2.45, 2.75) is 0 Å². The summed E-state index contributed by atoms with van der Waals surface area (Å²) in [7, 11) is -3.13. The van der Waals surface area contributed by atoms with Crippen molar-refractivity contribution in [2.24, 2.45) is 0 Å². The van der Waals surface area contributed by atoms with Crippen molar-refractivity contribution in [2.75, 3.05) is 0 Å². The smallest absolute Gasteiger partial charge is 0.314 e. The van der Waals surface area contributed by atoms with Crippen LogP contribution in [0, 0.1) is 0 Å². The van der Waals surface area contributed by atoms with Gasteiger partial charge in [0.05, 0.1) is 17.4 Å². The molecule has 0 unspecified atom stereocenters. The SMILES string of the molecule is O=[PH](O)O.[AlH].[SiH3]. The molecule has 0 bridgehead atoms. The van der Waals surface area contributed by atoms with Gasteiger partial charge in [-0.25, -0.2) is 0 Å². The molecule has 0 atom stereocenters. The average Bonchev–Trinajstić information content (AvgIpc) is 0.811. The van der Waals surface area contributed by atoms with Gasteiger partial charge in [0.15, 0.2) is 0 Å². The second-order valence-corrected chi connectivity index (χ2v) is 0.848. The lowest BCUT2D eigenvalue weighted by Gasteiger charge is -1.61. The quantitative estimate of drug-likeness (QED) is 0.290. The second kappa shape index (κ2) is 9.31. The fraction of sp³-hybridized carbons (Fsp3) is 0. The summed E-state index contributed by atoms with van der Waals surface area (Å²) in [5, 5.41) is 0. The van der Waals surface area contributed by atoms with Crippen molar-refractivity contribution < 1.29 is 14.4 Å². The maximum absolute atomic E-state index is 8.74. The van der Waals surface area contributed by atoms with Gasteiger partial charge in [-0.2, -0.15) is 0 Å². The second-order valence-electron chi connectivity index (χ2n) is 0.283. The van der Waals surface area contributed by atoms with E-state index < -0.39 is 8.25 Å². The van der Waals surface area contributed by atoms with Gasteiger partial charge in [-0.05, 0) is 11.0 Å². The van der Waals surface area contributed by atoms with Crippen molar-refractivity contribution in [1.29, 1.82) is 0 Å².